The normalized spacial score (nSPS) is 22.2. The summed E-state index contributed by atoms with van der Waals surface area (Å²) < 4.78 is 63.5. The van der Waals surface area contributed by atoms with Gasteiger partial charge in [-0.3, -0.25) is 4.98 Å². The summed E-state index contributed by atoms with van der Waals surface area (Å²) in [6, 6.07) is 7.59. The Morgan fingerprint density at radius 2 is 1.74 bits per heavy atom. The number of likely N-dealkylation sites (N-methyl/N-ethyl adjacent to an activating group) is 1. The number of aromatic nitrogens is 1. The first kappa shape index (κ1) is 19.9. The van der Waals surface area contributed by atoms with Gasteiger partial charge in [0.05, 0.1) is 21.7 Å². The van der Waals surface area contributed by atoms with Crippen molar-refractivity contribution in [3.8, 4) is 0 Å². The van der Waals surface area contributed by atoms with E-state index in [1.807, 2.05) is 12.1 Å². The van der Waals surface area contributed by atoms with Gasteiger partial charge in [-0.1, -0.05) is 0 Å². The first-order valence-electron chi connectivity index (χ1n) is 8.48. The first-order valence-corrected chi connectivity index (χ1v) is 11.8. The molecule has 0 spiro atoms. The Bertz CT molecular complexity index is 993. The molecule has 0 unspecified atom stereocenters. The number of benzene rings is 1. The van der Waals surface area contributed by atoms with E-state index in [2.05, 4.69) is 4.98 Å². The molecule has 0 saturated carbocycles. The second kappa shape index (κ2) is 7.65. The lowest BCUT2D eigenvalue weighted by atomic mass is 10.1. The smallest absolute Gasteiger partial charge is 0.183 e. The van der Waals surface area contributed by atoms with Gasteiger partial charge in [0.25, 0.3) is 0 Å². The standard InChI is InChI=1S/C18H21FN2O4S2/c1-21(11-8-14-6-9-20-10-7-14)17-12-26(22,23)13-18(17)27(24,25)16-4-2-15(19)3-5-16/h2-7,9-10,17-18H,8,11-13H2,1H3/t17-,18-/m0/s1. The fourth-order valence-corrected chi connectivity index (χ4v) is 8.23. The zero-order chi connectivity index (χ0) is 19.7. The molecular weight excluding hydrogens is 391 g/mol. The van der Waals surface area contributed by atoms with Crippen LogP contribution < -0.4 is 0 Å². The highest BCUT2D eigenvalue weighted by molar-refractivity contribution is 7.96. The number of nitrogens with zero attached hydrogens (tertiary/aromatic N) is 2. The molecule has 0 amide bonds. The minimum Gasteiger partial charge on any atom is -0.301 e. The van der Waals surface area contributed by atoms with E-state index in [9.17, 15) is 21.2 Å². The first-order chi connectivity index (χ1) is 12.7. The number of halogens is 1. The molecule has 2 heterocycles. The van der Waals surface area contributed by atoms with Crippen LogP contribution in [0.2, 0.25) is 0 Å². The lowest BCUT2D eigenvalue weighted by molar-refractivity contribution is 0.266. The van der Waals surface area contributed by atoms with Crippen molar-refractivity contribution in [3.63, 3.8) is 0 Å². The van der Waals surface area contributed by atoms with Crippen LogP contribution in [0.1, 0.15) is 5.56 Å². The van der Waals surface area contributed by atoms with E-state index in [4.69, 9.17) is 0 Å². The molecule has 1 aromatic carbocycles. The fraction of sp³-hybridized carbons (Fsp3) is 0.389. The third-order valence-electron chi connectivity index (χ3n) is 4.88. The Morgan fingerprint density at radius 3 is 2.37 bits per heavy atom. The number of pyridine rings is 1. The summed E-state index contributed by atoms with van der Waals surface area (Å²) >= 11 is 0. The van der Waals surface area contributed by atoms with Gasteiger partial charge in [-0.2, -0.15) is 0 Å². The summed E-state index contributed by atoms with van der Waals surface area (Å²) in [5, 5.41) is -1.07. The summed E-state index contributed by atoms with van der Waals surface area (Å²) in [5.41, 5.74) is 1.04. The van der Waals surface area contributed by atoms with Gasteiger partial charge in [-0.05, 0) is 55.4 Å². The van der Waals surface area contributed by atoms with Gasteiger partial charge in [-0.15, -0.1) is 0 Å². The van der Waals surface area contributed by atoms with Crippen molar-refractivity contribution in [2.75, 3.05) is 25.1 Å². The zero-order valence-corrected chi connectivity index (χ0v) is 16.5. The highest BCUT2D eigenvalue weighted by Gasteiger charge is 2.47. The summed E-state index contributed by atoms with van der Waals surface area (Å²) in [4.78, 5) is 5.69. The average molecular weight is 413 g/mol. The number of sulfone groups is 2. The Labute approximate surface area is 158 Å². The molecule has 27 heavy (non-hydrogen) atoms. The Kier molecular flexibility index (Phi) is 5.64. The monoisotopic (exact) mass is 412 g/mol. The molecule has 1 aromatic heterocycles. The lowest BCUT2D eigenvalue weighted by Gasteiger charge is -2.28. The van der Waals surface area contributed by atoms with Crippen molar-refractivity contribution < 1.29 is 21.2 Å². The molecule has 0 bridgehead atoms. The van der Waals surface area contributed by atoms with Gasteiger partial charge < -0.3 is 4.90 Å². The molecule has 6 nitrogen and oxygen atoms in total. The minimum atomic E-state index is -3.90. The second-order valence-electron chi connectivity index (χ2n) is 6.77. The Morgan fingerprint density at radius 1 is 1.11 bits per heavy atom. The van der Waals surface area contributed by atoms with Crippen LogP contribution in [-0.2, 0) is 26.1 Å². The van der Waals surface area contributed by atoms with E-state index in [-0.39, 0.29) is 10.6 Å². The number of hydrogen-bond acceptors (Lipinski definition) is 6. The Balaban J connectivity index is 1.83. The average Bonchev–Trinajstić information content (AvgIpc) is 2.97. The van der Waals surface area contributed by atoms with Crippen LogP contribution in [0.25, 0.3) is 0 Å². The van der Waals surface area contributed by atoms with Crippen LogP contribution in [0.5, 0.6) is 0 Å². The maximum Gasteiger partial charge on any atom is 0.183 e. The molecule has 0 N–H and O–H groups in total. The third-order valence-corrected chi connectivity index (χ3v) is 9.02. The molecule has 1 saturated heterocycles. The van der Waals surface area contributed by atoms with Crippen LogP contribution in [0.15, 0.2) is 53.7 Å². The van der Waals surface area contributed by atoms with Crippen molar-refractivity contribution >= 4 is 19.7 Å². The van der Waals surface area contributed by atoms with Crippen LogP contribution in [0.3, 0.4) is 0 Å². The van der Waals surface area contributed by atoms with Crippen molar-refractivity contribution in [2.24, 2.45) is 0 Å². The number of hydrogen-bond donors (Lipinski definition) is 0. The molecule has 1 aliphatic heterocycles. The fourth-order valence-electron chi connectivity index (χ4n) is 3.32. The molecule has 2 aromatic rings. The third kappa shape index (κ3) is 4.53. The largest absolute Gasteiger partial charge is 0.301 e. The van der Waals surface area contributed by atoms with E-state index in [1.165, 1.54) is 12.1 Å². The minimum absolute atomic E-state index is 0.0569. The molecular formula is C18H21FN2O4S2. The second-order valence-corrected chi connectivity index (χ2v) is 11.1. The van der Waals surface area contributed by atoms with Crippen molar-refractivity contribution in [2.45, 2.75) is 22.6 Å². The summed E-state index contributed by atoms with van der Waals surface area (Å²) in [7, 11) is -5.64. The van der Waals surface area contributed by atoms with E-state index >= 15 is 0 Å². The van der Waals surface area contributed by atoms with E-state index in [1.54, 1.807) is 24.3 Å². The molecule has 1 fully saturated rings. The van der Waals surface area contributed by atoms with Crippen LogP contribution >= 0.6 is 0 Å². The van der Waals surface area contributed by atoms with Crippen LogP contribution in [0, 0.1) is 5.82 Å². The number of rotatable bonds is 6. The van der Waals surface area contributed by atoms with Crippen LogP contribution in [-0.4, -0.2) is 63.1 Å². The van der Waals surface area contributed by atoms with Gasteiger partial charge in [0, 0.05) is 25.0 Å². The predicted octanol–water partition coefficient (Wildman–Crippen LogP) is 1.33. The molecule has 0 radical (unpaired) electrons. The molecule has 0 aliphatic carbocycles. The molecule has 2 atom stereocenters. The molecule has 1 aliphatic rings. The van der Waals surface area contributed by atoms with Gasteiger partial charge in [0.2, 0.25) is 0 Å². The van der Waals surface area contributed by atoms with Crippen LogP contribution in [0.4, 0.5) is 4.39 Å². The summed E-state index contributed by atoms with van der Waals surface area (Å²) in [6.45, 7) is 0.514. The SMILES string of the molecule is CN(CCc1ccncc1)[C@H]1CS(=O)(=O)C[C@@H]1S(=O)(=O)c1ccc(F)cc1. The quantitative estimate of drug-likeness (QED) is 0.666. The highest BCUT2D eigenvalue weighted by atomic mass is 32.2. The molecule has 3 rings (SSSR count). The summed E-state index contributed by atoms with van der Waals surface area (Å²) in [5.74, 6) is -1.17. The van der Waals surface area contributed by atoms with Crippen molar-refractivity contribution in [1.29, 1.82) is 0 Å². The van der Waals surface area contributed by atoms with Gasteiger partial charge in [-0.25, -0.2) is 21.2 Å². The maximum absolute atomic E-state index is 13.1. The summed E-state index contributed by atoms with van der Waals surface area (Å²) in [6.07, 6.45) is 4.01. The molecule has 9 heteroatoms. The van der Waals surface area contributed by atoms with E-state index in [0.29, 0.717) is 13.0 Å². The molecule has 146 valence electrons. The van der Waals surface area contributed by atoms with Gasteiger partial charge in [0.15, 0.2) is 19.7 Å². The van der Waals surface area contributed by atoms with E-state index in [0.717, 1.165) is 17.7 Å². The Hall–Kier alpha value is -1.84. The van der Waals surface area contributed by atoms with Crippen molar-refractivity contribution in [3.05, 3.63) is 60.2 Å². The predicted molar refractivity (Wildman–Crippen MR) is 100 cm³/mol. The zero-order valence-electron chi connectivity index (χ0n) is 14.8. The van der Waals surface area contributed by atoms with Gasteiger partial charge in [0.1, 0.15) is 5.82 Å². The van der Waals surface area contributed by atoms with Gasteiger partial charge >= 0.3 is 0 Å². The topological polar surface area (TPSA) is 84.4 Å². The van der Waals surface area contributed by atoms with Crippen molar-refractivity contribution in [1.82, 2.24) is 9.88 Å². The maximum atomic E-state index is 13.1. The lowest BCUT2D eigenvalue weighted by Crippen LogP contribution is -2.45. The van der Waals surface area contributed by atoms with E-state index < -0.39 is 42.5 Å². The highest BCUT2D eigenvalue weighted by Crippen LogP contribution is 2.28.